The number of nitrogens with one attached hydrogen (secondary N) is 2. The molecule has 200 valence electrons. The summed E-state index contributed by atoms with van der Waals surface area (Å²) in [6.07, 6.45) is 15.7. The van der Waals surface area contributed by atoms with E-state index in [4.69, 9.17) is 5.73 Å². The molecule has 2 fully saturated rings. The van der Waals surface area contributed by atoms with Crippen LogP contribution in [0.1, 0.15) is 83.3 Å². The first-order valence-electron chi connectivity index (χ1n) is 13.3. The minimum Gasteiger partial charge on any atom is -0.465 e. The van der Waals surface area contributed by atoms with E-state index in [-0.39, 0.29) is 23.2 Å². The number of nitrogen functional groups attached to an aromatic ring is 1. The quantitative estimate of drug-likeness (QED) is 0.356. The van der Waals surface area contributed by atoms with E-state index in [1.54, 1.807) is 12.3 Å². The Labute approximate surface area is 223 Å². The summed E-state index contributed by atoms with van der Waals surface area (Å²) in [6.45, 7) is 0. The van der Waals surface area contributed by atoms with Crippen molar-refractivity contribution in [3.63, 3.8) is 0 Å². The van der Waals surface area contributed by atoms with Gasteiger partial charge in [-0.2, -0.15) is 4.98 Å². The van der Waals surface area contributed by atoms with E-state index in [2.05, 4.69) is 30.3 Å². The van der Waals surface area contributed by atoms with Gasteiger partial charge in [-0.3, -0.25) is 9.78 Å². The number of aryl methyl sites for hydroxylation is 2. The van der Waals surface area contributed by atoms with Crippen molar-refractivity contribution < 1.29 is 14.3 Å². The fraction of sp³-hybridized carbons (Fsp3) is 0.414. The van der Waals surface area contributed by atoms with Crippen LogP contribution in [0.4, 0.5) is 17.5 Å². The zero-order chi connectivity index (χ0) is 26.7. The van der Waals surface area contributed by atoms with Crippen molar-refractivity contribution in [1.29, 1.82) is 0 Å². The molecule has 0 aliphatic heterocycles. The van der Waals surface area contributed by atoms with Crippen LogP contribution in [0, 0.1) is 0 Å². The molecule has 4 N–H and O–H groups in total. The first-order chi connectivity index (χ1) is 18.5. The second-order valence-corrected chi connectivity index (χ2v) is 9.71. The van der Waals surface area contributed by atoms with Crippen molar-refractivity contribution in [2.45, 2.75) is 70.3 Å². The largest absolute Gasteiger partial charge is 0.465 e. The minimum atomic E-state index is -0.582. The number of aromatic nitrogens is 3. The number of nitrogens with zero attached hydrogens (tertiary/aromatic N) is 3. The van der Waals surface area contributed by atoms with E-state index in [1.165, 1.54) is 51.8 Å². The van der Waals surface area contributed by atoms with Gasteiger partial charge in [-0.15, -0.1) is 0 Å². The molecular formula is C29H36N6O3. The maximum atomic E-state index is 12.2. The summed E-state index contributed by atoms with van der Waals surface area (Å²) >= 11 is 0. The SMILES string of the molecule is C1CCCCC1.COC(=O)c1cnc(Nc2ccc(CCc3cc(C(=O)NC4CC4)ccn3)cc2)nc1N. The van der Waals surface area contributed by atoms with Gasteiger partial charge in [0.15, 0.2) is 0 Å². The van der Waals surface area contributed by atoms with Crippen LogP contribution >= 0.6 is 0 Å². The van der Waals surface area contributed by atoms with Gasteiger partial charge in [0.25, 0.3) is 5.91 Å². The molecule has 0 atom stereocenters. The van der Waals surface area contributed by atoms with Crippen LogP contribution < -0.4 is 16.4 Å². The highest BCUT2D eigenvalue weighted by Gasteiger charge is 2.23. The normalized spacial score (nSPS) is 14.6. The van der Waals surface area contributed by atoms with Gasteiger partial charge in [0.2, 0.25) is 5.95 Å². The monoisotopic (exact) mass is 516 g/mol. The Balaban J connectivity index is 0.000000494. The number of hydrogen-bond acceptors (Lipinski definition) is 8. The number of pyridine rings is 1. The lowest BCUT2D eigenvalue weighted by Gasteiger charge is -2.09. The molecule has 2 aromatic heterocycles. The number of methoxy groups -OCH3 is 1. The van der Waals surface area contributed by atoms with Gasteiger partial charge in [-0.1, -0.05) is 50.7 Å². The van der Waals surface area contributed by atoms with Crippen molar-refractivity contribution >= 4 is 29.3 Å². The molecule has 0 saturated heterocycles. The van der Waals surface area contributed by atoms with Gasteiger partial charge in [-0.05, 0) is 55.5 Å². The summed E-state index contributed by atoms with van der Waals surface area (Å²) in [4.78, 5) is 36.4. The molecule has 0 bridgehead atoms. The number of nitrogens with two attached hydrogens (primary N) is 1. The van der Waals surface area contributed by atoms with Crippen LogP contribution in [-0.2, 0) is 17.6 Å². The van der Waals surface area contributed by atoms with Crippen LogP contribution in [0.25, 0.3) is 0 Å². The third kappa shape index (κ3) is 8.26. The predicted molar refractivity (Wildman–Crippen MR) is 147 cm³/mol. The zero-order valence-corrected chi connectivity index (χ0v) is 21.9. The number of anilines is 3. The molecule has 5 rings (SSSR count). The zero-order valence-electron chi connectivity index (χ0n) is 21.9. The van der Waals surface area contributed by atoms with Crippen LogP contribution in [0.5, 0.6) is 0 Å². The lowest BCUT2D eigenvalue weighted by molar-refractivity contribution is 0.0601. The molecule has 0 unspecified atom stereocenters. The number of esters is 1. The smallest absolute Gasteiger partial charge is 0.343 e. The second kappa shape index (κ2) is 13.5. The van der Waals surface area contributed by atoms with Gasteiger partial charge in [0.05, 0.1) is 7.11 Å². The number of rotatable bonds is 8. The highest BCUT2D eigenvalue weighted by Crippen LogP contribution is 2.20. The summed E-state index contributed by atoms with van der Waals surface area (Å²) < 4.78 is 4.64. The standard InChI is InChI=1S/C23H24N6O3.C6H12/c1-32-22(31)19-13-26-23(29-20(19)24)28-17-5-2-14(3-6-17)4-7-18-12-15(10-11-25-18)21(30)27-16-8-9-16;1-2-4-6-5-3-1/h2-3,5-6,10-13,16H,4,7-9H2,1H3,(H,27,30)(H3,24,26,28,29);1-6H2. The number of carbonyl (C=O) groups excluding carboxylic acids is 2. The van der Waals surface area contributed by atoms with Crippen molar-refractivity contribution in [3.05, 3.63) is 71.2 Å². The van der Waals surface area contributed by atoms with Gasteiger partial charge >= 0.3 is 5.97 Å². The molecule has 38 heavy (non-hydrogen) atoms. The Bertz CT molecular complexity index is 1210. The summed E-state index contributed by atoms with van der Waals surface area (Å²) in [6, 6.07) is 11.8. The van der Waals surface area contributed by atoms with E-state index < -0.39 is 5.97 Å². The van der Waals surface area contributed by atoms with Crippen molar-refractivity contribution in [1.82, 2.24) is 20.3 Å². The summed E-state index contributed by atoms with van der Waals surface area (Å²) in [7, 11) is 1.27. The summed E-state index contributed by atoms with van der Waals surface area (Å²) in [5.74, 6) is -0.282. The Morgan fingerprint density at radius 3 is 2.26 bits per heavy atom. The first-order valence-corrected chi connectivity index (χ1v) is 13.3. The summed E-state index contributed by atoms with van der Waals surface area (Å²) in [5.41, 5.74) is 9.38. The fourth-order valence-corrected chi connectivity index (χ4v) is 4.19. The van der Waals surface area contributed by atoms with Crippen LogP contribution in [0.3, 0.4) is 0 Å². The van der Waals surface area contributed by atoms with Gasteiger partial charge in [0, 0.05) is 35.4 Å². The third-order valence-electron chi connectivity index (χ3n) is 6.59. The molecule has 2 heterocycles. The van der Waals surface area contributed by atoms with Crippen LogP contribution in [0.15, 0.2) is 48.8 Å². The van der Waals surface area contributed by atoms with Gasteiger partial charge in [-0.25, -0.2) is 9.78 Å². The van der Waals surface area contributed by atoms with E-state index in [0.717, 1.165) is 42.6 Å². The molecule has 2 aliphatic carbocycles. The Morgan fingerprint density at radius 2 is 1.66 bits per heavy atom. The van der Waals surface area contributed by atoms with Crippen molar-refractivity contribution in [3.8, 4) is 0 Å². The first kappa shape index (κ1) is 27.0. The van der Waals surface area contributed by atoms with Gasteiger partial charge < -0.3 is 21.1 Å². The molecule has 0 spiro atoms. The molecule has 0 radical (unpaired) electrons. The fourth-order valence-electron chi connectivity index (χ4n) is 4.19. The lowest BCUT2D eigenvalue weighted by atomic mass is 10.0. The van der Waals surface area contributed by atoms with Crippen LogP contribution in [-0.4, -0.2) is 40.0 Å². The molecule has 2 aliphatic rings. The molecule has 2 saturated carbocycles. The molecule has 9 nitrogen and oxygen atoms in total. The topological polar surface area (TPSA) is 132 Å². The molecule has 9 heteroatoms. The average Bonchev–Trinajstić information content (AvgIpc) is 3.78. The number of amides is 1. The highest BCUT2D eigenvalue weighted by molar-refractivity contribution is 5.94. The van der Waals surface area contributed by atoms with Gasteiger partial charge in [0.1, 0.15) is 11.4 Å². The average molecular weight is 517 g/mol. The minimum absolute atomic E-state index is 0.0333. The molecule has 3 aromatic rings. The van der Waals surface area contributed by atoms with E-state index in [9.17, 15) is 9.59 Å². The maximum Gasteiger partial charge on any atom is 0.343 e. The molecule has 1 amide bonds. The Kier molecular flexibility index (Phi) is 9.61. The second-order valence-electron chi connectivity index (χ2n) is 9.71. The molecular weight excluding hydrogens is 480 g/mol. The highest BCUT2D eigenvalue weighted by atomic mass is 16.5. The van der Waals surface area contributed by atoms with E-state index in [1.807, 2.05) is 30.3 Å². The number of benzene rings is 1. The number of hydrogen-bond donors (Lipinski definition) is 3. The van der Waals surface area contributed by atoms with Crippen LogP contribution in [0.2, 0.25) is 0 Å². The number of ether oxygens (including phenoxy) is 1. The van der Waals surface area contributed by atoms with Crippen molar-refractivity contribution in [2.24, 2.45) is 0 Å². The third-order valence-corrected chi connectivity index (χ3v) is 6.59. The lowest BCUT2D eigenvalue weighted by Crippen LogP contribution is -2.25. The number of carbonyl (C=O) groups is 2. The Hall–Kier alpha value is -4.01. The van der Waals surface area contributed by atoms with E-state index in [0.29, 0.717) is 11.6 Å². The predicted octanol–water partition coefficient (Wildman–Crippen LogP) is 5.00. The molecule has 1 aromatic carbocycles. The maximum absolute atomic E-state index is 12.2. The van der Waals surface area contributed by atoms with Crippen molar-refractivity contribution in [2.75, 3.05) is 18.2 Å². The van der Waals surface area contributed by atoms with E-state index >= 15 is 0 Å². The Morgan fingerprint density at radius 1 is 0.974 bits per heavy atom. The summed E-state index contributed by atoms with van der Waals surface area (Å²) in [5, 5.41) is 6.06.